The SMILES string of the molecule is O=S(=O)=C1NCCN1. The zero-order valence-electron chi connectivity index (χ0n) is 4.14. The van der Waals surface area contributed by atoms with Crippen molar-refractivity contribution in [1.29, 1.82) is 0 Å². The topological polar surface area (TPSA) is 58.2 Å². The molecule has 8 heavy (non-hydrogen) atoms. The minimum Gasteiger partial charge on any atom is -0.265 e. The fourth-order valence-electron chi connectivity index (χ4n) is 0.532. The fraction of sp³-hybridized carbons (Fsp3) is 0.667. The van der Waals surface area contributed by atoms with E-state index >= 15 is 0 Å². The van der Waals surface area contributed by atoms with E-state index in [9.17, 15) is 8.42 Å². The van der Waals surface area contributed by atoms with Crippen LogP contribution in [-0.2, 0) is 10.3 Å². The quantitative estimate of drug-likeness (QED) is 0.382. The van der Waals surface area contributed by atoms with E-state index in [4.69, 9.17) is 0 Å². The van der Waals surface area contributed by atoms with E-state index in [0.29, 0.717) is 13.1 Å². The Morgan fingerprint density at radius 2 is 1.75 bits per heavy atom. The molecule has 0 atom stereocenters. The van der Waals surface area contributed by atoms with E-state index in [1.807, 2.05) is 0 Å². The summed E-state index contributed by atoms with van der Waals surface area (Å²) in [5.74, 6) is 0. The lowest BCUT2D eigenvalue weighted by molar-refractivity contribution is 0.626. The Labute approximate surface area is 48.4 Å². The van der Waals surface area contributed by atoms with Crippen LogP contribution in [-0.4, -0.2) is 26.6 Å². The van der Waals surface area contributed by atoms with E-state index in [2.05, 4.69) is 10.6 Å². The van der Waals surface area contributed by atoms with Crippen LogP contribution < -0.4 is 10.6 Å². The average Bonchev–Trinajstić information content (AvgIpc) is 2.12. The van der Waals surface area contributed by atoms with Gasteiger partial charge in [0.05, 0.1) is 0 Å². The van der Waals surface area contributed by atoms with Gasteiger partial charge in [-0.2, -0.15) is 8.42 Å². The van der Waals surface area contributed by atoms with Crippen molar-refractivity contribution in [2.45, 2.75) is 0 Å². The van der Waals surface area contributed by atoms with Gasteiger partial charge >= 0.3 is 0 Å². The molecule has 0 bridgehead atoms. The Hall–Kier alpha value is -0.390. The molecule has 0 saturated carbocycles. The third-order valence-corrected chi connectivity index (χ3v) is 1.48. The number of nitrogens with one attached hydrogen (secondary N) is 2. The molecule has 4 nitrogen and oxygen atoms in total. The van der Waals surface area contributed by atoms with Gasteiger partial charge in [-0.1, -0.05) is 0 Å². The molecule has 0 aromatic rings. The van der Waals surface area contributed by atoms with Crippen LogP contribution in [0, 0.1) is 0 Å². The maximum Gasteiger partial charge on any atom is 0.244 e. The number of rotatable bonds is 0. The van der Waals surface area contributed by atoms with Crippen LogP contribution in [0.5, 0.6) is 0 Å². The first kappa shape index (κ1) is 5.74. The Balaban J connectivity index is 2.88. The summed E-state index contributed by atoms with van der Waals surface area (Å²) in [6.45, 7) is 1.40. The second-order valence-electron chi connectivity index (χ2n) is 1.42. The van der Waals surface area contributed by atoms with E-state index in [0.717, 1.165) is 0 Å². The standard InChI is InChI=1S/C3H6N2O2S/c6-8(7)3-4-1-2-5-3/h4-5H,1-2H2. The minimum atomic E-state index is -2.10. The van der Waals surface area contributed by atoms with E-state index in [-0.39, 0.29) is 5.11 Å². The summed E-state index contributed by atoms with van der Waals surface area (Å²) in [6, 6.07) is 0. The summed E-state index contributed by atoms with van der Waals surface area (Å²) in [4.78, 5) is 0. The highest BCUT2D eigenvalue weighted by Gasteiger charge is 2.05. The first-order valence-electron chi connectivity index (χ1n) is 2.24. The zero-order chi connectivity index (χ0) is 5.98. The van der Waals surface area contributed by atoms with Gasteiger partial charge in [0.25, 0.3) is 0 Å². The van der Waals surface area contributed by atoms with Crippen LogP contribution in [0.2, 0.25) is 0 Å². The van der Waals surface area contributed by atoms with Gasteiger partial charge in [-0.15, -0.1) is 0 Å². The largest absolute Gasteiger partial charge is 0.265 e. The zero-order valence-corrected chi connectivity index (χ0v) is 4.96. The molecular weight excluding hydrogens is 128 g/mol. The lowest BCUT2D eigenvalue weighted by atomic mass is 10.7. The van der Waals surface area contributed by atoms with Crippen molar-refractivity contribution in [3.63, 3.8) is 0 Å². The van der Waals surface area contributed by atoms with Crippen molar-refractivity contribution in [3.05, 3.63) is 0 Å². The van der Waals surface area contributed by atoms with Crippen LogP contribution in [0.1, 0.15) is 0 Å². The predicted octanol–water partition coefficient (Wildman–Crippen LogP) is -1.85. The van der Waals surface area contributed by atoms with Crippen molar-refractivity contribution >= 4 is 15.4 Å². The van der Waals surface area contributed by atoms with Gasteiger partial charge in [0.15, 0.2) is 5.11 Å². The van der Waals surface area contributed by atoms with Crippen molar-refractivity contribution in [2.24, 2.45) is 0 Å². The molecule has 5 heteroatoms. The molecule has 0 unspecified atom stereocenters. The van der Waals surface area contributed by atoms with Gasteiger partial charge in [0.2, 0.25) is 10.3 Å². The molecule has 0 aromatic carbocycles. The van der Waals surface area contributed by atoms with E-state index in [1.165, 1.54) is 0 Å². The average molecular weight is 134 g/mol. The first-order chi connectivity index (χ1) is 3.80. The summed E-state index contributed by atoms with van der Waals surface area (Å²) in [6.07, 6.45) is 0. The van der Waals surface area contributed by atoms with E-state index < -0.39 is 10.3 Å². The van der Waals surface area contributed by atoms with Crippen LogP contribution in [0.4, 0.5) is 0 Å². The third-order valence-electron chi connectivity index (χ3n) is 0.863. The third kappa shape index (κ3) is 1.06. The monoisotopic (exact) mass is 134 g/mol. The molecule has 1 fully saturated rings. The molecule has 0 radical (unpaired) electrons. The minimum absolute atomic E-state index is 0.213. The molecule has 1 heterocycles. The highest BCUT2D eigenvalue weighted by molar-refractivity contribution is 7.72. The van der Waals surface area contributed by atoms with Crippen molar-refractivity contribution < 1.29 is 8.42 Å². The second-order valence-corrected chi connectivity index (χ2v) is 2.30. The molecular formula is C3H6N2O2S. The Morgan fingerprint density at radius 1 is 1.25 bits per heavy atom. The highest BCUT2D eigenvalue weighted by Crippen LogP contribution is 1.70. The molecule has 0 amide bonds. The van der Waals surface area contributed by atoms with Crippen molar-refractivity contribution in [1.82, 2.24) is 10.6 Å². The summed E-state index contributed by atoms with van der Waals surface area (Å²) in [5.41, 5.74) is 0. The van der Waals surface area contributed by atoms with Gasteiger partial charge in [-0.3, -0.25) is 10.6 Å². The molecule has 2 N–H and O–H groups in total. The first-order valence-corrected chi connectivity index (χ1v) is 3.32. The fourth-order valence-corrected chi connectivity index (χ4v) is 0.972. The summed E-state index contributed by atoms with van der Waals surface area (Å²) < 4.78 is 20.1. The smallest absolute Gasteiger partial charge is 0.244 e. The van der Waals surface area contributed by atoms with Crippen LogP contribution in [0.3, 0.4) is 0 Å². The normalized spacial score (nSPS) is 19.2. The maximum absolute atomic E-state index is 10.0. The lowest BCUT2D eigenvalue weighted by Crippen LogP contribution is -2.24. The molecule has 0 aromatic heterocycles. The van der Waals surface area contributed by atoms with Gasteiger partial charge in [0, 0.05) is 13.1 Å². The second kappa shape index (κ2) is 2.25. The molecule has 1 aliphatic rings. The number of hydrogen-bond acceptors (Lipinski definition) is 2. The van der Waals surface area contributed by atoms with Crippen molar-refractivity contribution in [3.8, 4) is 0 Å². The molecule has 1 aliphatic heterocycles. The van der Waals surface area contributed by atoms with Gasteiger partial charge in [-0.25, -0.2) is 0 Å². The van der Waals surface area contributed by atoms with Crippen LogP contribution >= 0.6 is 0 Å². The van der Waals surface area contributed by atoms with Crippen molar-refractivity contribution in [2.75, 3.05) is 13.1 Å². The molecule has 46 valence electrons. The highest BCUT2D eigenvalue weighted by atomic mass is 32.2. The van der Waals surface area contributed by atoms with Gasteiger partial charge in [0.1, 0.15) is 0 Å². The van der Waals surface area contributed by atoms with Gasteiger partial charge < -0.3 is 0 Å². The van der Waals surface area contributed by atoms with Crippen LogP contribution in [0.15, 0.2) is 0 Å². The molecule has 1 saturated heterocycles. The molecule has 0 spiro atoms. The lowest BCUT2D eigenvalue weighted by Gasteiger charge is -1.82. The number of hydrogen-bond donors (Lipinski definition) is 2. The summed E-state index contributed by atoms with van der Waals surface area (Å²) in [7, 11) is -2.10. The molecule has 0 aliphatic carbocycles. The Bertz CT molecular complexity index is 189. The summed E-state index contributed by atoms with van der Waals surface area (Å²) >= 11 is 0. The van der Waals surface area contributed by atoms with Gasteiger partial charge in [-0.05, 0) is 0 Å². The predicted molar refractivity (Wildman–Crippen MR) is 29.9 cm³/mol. The Kier molecular flexibility index (Phi) is 1.62. The maximum atomic E-state index is 10.0. The van der Waals surface area contributed by atoms with Crippen LogP contribution in [0.25, 0.3) is 0 Å². The summed E-state index contributed by atoms with van der Waals surface area (Å²) in [5, 5.41) is 5.51. The molecule has 1 rings (SSSR count). The van der Waals surface area contributed by atoms with E-state index in [1.54, 1.807) is 0 Å². The Morgan fingerprint density at radius 3 is 2.00 bits per heavy atom.